The summed E-state index contributed by atoms with van der Waals surface area (Å²) in [6.07, 6.45) is 4.12. The number of aromatic nitrogens is 1. The minimum Gasteiger partial charge on any atom is -0.494 e. The number of hydrogen-bond acceptors (Lipinski definition) is 5. The van der Waals surface area contributed by atoms with Crippen LogP contribution in [0.15, 0.2) is 42.7 Å². The summed E-state index contributed by atoms with van der Waals surface area (Å²) < 4.78 is 10.5. The summed E-state index contributed by atoms with van der Waals surface area (Å²) in [5.41, 5.74) is 1.56. The number of benzene rings is 1. The molecule has 2 rings (SSSR count). The van der Waals surface area contributed by atoms with Crippen molar-refractivity contribution in [1.29, 1.82) is 0 Å². The van der Waals surface area contributed by atoms with Crippen LogP contribution in [0.1, 0.15) is 30.1 Å². The third-order valence-electron chi connectivity index (χ3n) is 3.55. The second-order valence-electron chi connectivity index (χ2n) is 5.46. The Bertz CT molecular complexity index is 735. The lowest BCUT2D eigenvalue weighted by atomic mass is 10.2. The van der Waals surface area contributed by atoms with Crippen LogP contribution >= 0.6 is 0 Å². The van der Waals surface area contributed by atoms with E-state index >= 15 is 0 Å². The van der Waals surface area contributed by atoms with Gasteiger partial charge in [-0.3, -0.25) is 14.6 Å². The molecule has 1 aromatic heterocycles. The van der Waals surface area contributed by atoms with Gasteiger partial charge < -0.3 is 20.1 Å². The third kappa shape index (κ3) is 5.86. The number of amides is 2. The molecular weight excluding hydrogens is 334 g/mol. The number of methoxy groups -OCH3 is 1. The smallest absolute Gasteiger partial charge is 0.257 e. The number of rotatable bonds is 9. The molecule has 0 spiro atoms. The van der Waals surface area contributed by atoms with Crippen molar-refractivity contribution < 1.29 is 19.1 Å². The van der Waals surface area contributed by atoms with E-state index in [0.717, 1.165) is 0 Å². The second-order valence-corrected chi connectivity index (χ2v) is 5.46. The van der Waals surface area contributed by atoms with Crippen LogP contribution in [-0.2, 0) is 9.53 Å². The highest BCUT2D eigenvalue weighted by atomic mass is 16.5. The van der Waals surface area contributed by atoms with Crippen LogP contribution in [0.2, 0.25) is 0 Å². The highest BCUT2D eigenvalue weighted by Crippen LogP contribution is 2.28. The lowest BCUT2D eigenvalue weighted by Crippen LogP contribution is -2.14. The molecule has 1 heterocycles. The van der Waals surface area contributed by atoms with Crippen molar-refractivity contribution in [2.24, 2.45) is 0 Å². The number of carbonyl (C=O) groups excluding carboxylic acids is 2. The molecule has 0 aliphatic carbocycles. The van der Waals surface area contributed by atoms with Crippen molar-refractivity contribution in [3.63, 3.8) is 0 Å². The molecular formula is C19H23N3O4. The molecule has 2 N–H and O–H groups in total. The largest absolute Gasteiger partial charge is 0.494 e. The van der Waals surface area contributed by atoms with E-state index in [1.807, 2.05) is 6.92 Å². The number of carbonyl (C=O) groups is 2. The molecule has 0 radical (unpaired) electrons. The molecule has 2 amide bonds. The standard InChI is InChI=1S/C19H23N3O4/c1-3-26-11-5-7-18(23)21-15-8-9-16(17(12-15)25-2)22-19(24)14-6-4-10-20-13-14/h4,6,8-10,12-13H,3,5,7,11H2,1-2H3,(H,21,23)(H,22,24). The van der Waals surface area contributed by atoms with E-state index in [0.29, 0.717) is 48.7 Å². The van der Waals surface area contributed by atoms with Gasteiger partial charge in [-0.05, 0) is 37.6 Å². The number of hydrogen-bond donors (Lipinski definition) is 2. The van der Waals surface area contributed by atoms with Gasteiger partial charge in [0.1, 0.15) is 5.75 Å². The maximum atomic E-state index is 12.2. The molecule has 0 aliphatic rings. The fourth-order valence-corrected chi connectivity index (χ4v) is 2.27. The van der Waals surface area contributed by atoms with Gasteiger partial charge in [-0.15, -0.1) is 0 Å². The maximum absolute atomic E-state index is 12.2. The average Bonchev–Trinajstić information content (AvgIpc) is 2.67. The molecule has 0 saturated carbocycles. The lowest BCUT2D eigenvalue weighted by molar-refractivity contribution is -0.116. The number of pyridine rings is 1. The monoisotopic (exact) mass is 357 g/mol. The number of ether oxygens (including phenoxy) is 2. The Kier molecular flexibility index (Phi) is 7.57. The molecule has 0 aliphatic heterocycles. The summed E-state index contributed by atoms with van der Waals surface area (Å²) in [6, 6.07) is 8.42. The maximum Gasteiger partial charge on any atom is 0.257 e. The minimum atomic E-state index is -0.288. The summed E-state index contributed by atoms with van der Waals surface area (Å²) in [5, 5.41) is 5.58. The van der Waals surface area contributed by atoms with Crippen LogP contribution in [0.25, 0.3) is 0 Å². The summed E-state index contributed by atoms with van der Waals surface area (Å²) in [4.78, 5) is 28.1. The Morgan fingerprint density at radius 1 is 1.19 bits per heavy atom. The number of anilines is 2. The fourth-order valence-electron chi connectivity index (χ4n) is 2.27. The summed E-state index contributed by atoms with van der Waals surface area (Å²) >= 11 is 0. The predicted octanol–water partition coefficient (Wildman–Crippen LogP) is 3.10. The van der Waals surface area contributed by atoms with Crippen molar-refractivity contribution in [2.75, 3.05) is 31.0 Å². The minimum absolute atomic E-state index is 0.0982. The van der Waals surface area contributed by atoms with Crippen LogP contribution in [0.4, 0.5) is 11.4 Å². The van der Waals surface area contributed by atoms with Crippen molar-refractivity contribution in [2.45, 2.75) is 19.8 Å². The normalized spacial score (nSPS) is 10.2. The molecule has 138 valence electrons. The van der Waals surface area contributed by atoms with Gasteiger partial charge in [0.2, 0.25) is 5.91 Å². The zero-order valence-electron chi connectivity index (χ0n) is 15.0. The first kappa shape index (κ1) is 19.4. The van der Waals surface area contributed by atoms with Gasteiger partial charge >= 0.3 is 0 Å². The topological polar surface area (TPSA) is 89.6 Å². The first-order valence-corrected chi connectivity index (χ1v) is 8.41. The van der Waals surface area contributed by atoms with Gasteiger partial charge in [0.25, 0.3) is 5.91 Å². The van der Waals surface area contributed by atoms with E-state index < -0.39 is 0 Å². The highest BCUT2D eigenvalue weighted by Gasteiger charge is 2.11. The Labute approximate surface area is 152 Å². The van der Waals surface area contributed by atoms with Gasteiger partial charge in [0.15, 0.2) is 0 Å². The lowest BCUT2D eigenvalue weighted by Gasteiger charge is -2.12. The van der Waals surface area contributed by atoms with Crippen LogP contribution in [0, 0.1) is 0 Å². The van der Waals surface area contributed by atoms with Crippen LogP contribution in [-0.4, -0.2) is 37.1 Å². The first-order chi connectivity index (χ1) is 12.6. The van der Waals surface area contributed by atoms with Crippen LogP contribution < -0.4 is 15.4 Å². The molecule has 1 aromatic carbocycles. The Hall–Kier alpha value is -2.93. The molecule has 0 bridgehead atoms. The van der Waals surface area contributed by atoms with Crippen molar-refractivity contribution in [3.8, 4) is 5.75 Å². The summed E-state index contributed by atoms with van der Waals surface area (Å²) in [6.45, 7) is 3.12. The molecule has 0 atom stereocenters. The van der Waals surface area contributed by atoms with E-state index in [4.69, 9.17) is 9.47 Å². The number of nitrogens with one attached hydrogen (secondary N) is 2. The fraction of sp³-hybridized carbons (Fsp3) is 0.316. The SMILES string of the molecule is CCOCCCC(=O)Nc1ccc(NC(=O)c2cccnc2)c(OC)c1. The van der Waals surface area contributed by atoms with Gasteiger partial charge in [-0.1, -0.05) is 0 Å². The van der Waals surface area contributed by atoms with Gasteiger partial charge in [0.05, 0.1) is 18.4 Å². The Morgan fingerprint density at radius 3 is 2.73 bits per heavy atom. The van der Waals surface area contributed by atoms with Crippen molar-refractivity contribution in [3.05, 3.63) is 48.3 Å². The quantitative estimate of drug-likeness (QED) is 0.673. The predicted molar refractivity (Wildman–Crippen MR) is 99.5 cm³/mol. The molecule has 2 aromatic rings. The van der Waals surface area contributed by atoms with E-state index in [-0.39, 0.29) is 11.8 Å². The Morgan fingerprint density at radius 2 is 2.04 bits per heavy atom. The van der Waals surface area contributed by atoms with Crippen LogP contribution in [0.5, 0.6) is 5.75 Å². The van der Waals surface area contributed by atoms with E-state index in [9.17, 15) is 9.59 Å². The molecule has 7 heteroatoms. The summed E-state index contributed by atoms with van der Waals surface area (Å²) in [7, 11) is 1.50. The molecule has 0 unspecified atom stereocenters. The van der Waals surface area contributed by atoms with E-state index in [1.54, 1.807) is 36.5 Å². The van der Waals surface area contributed by atoms with Crippen LogP contribution in [0.3, 0.4) is 0 Å². The second kappa shape index (κ2) is 10.1. The number of nitrogens with zero attached hydrogens (tertiary/aromatic N) is 1. The summed E-state index contributed by atoms with van der Waals surface area (Å²) in [5.74, 6) is 0.0670. The molecule has 7 nitrogen and oxygen atoms in total. The zero-order chi connectivity index (χ0) is 18.8. The van der Waals surface area contributed by atoms with E-state index in [1.165, 1.54) is 13.3 Å². The zero-order valence-corrected chi connectivity index (χ0v) is 15.0. The van der Waals surface area contributed by atoms with Gasteiger partial charge in [0, 0.05) is 43.8 Å². The molecule has 0 fully saturated rings. The van der Waals surface area contributed by atoms with Crippen molar-refractivity contribution in [1.82, 2.24) is 4.98 Å². The average molecular weight is 357 g/mol. The highest BCUT2D eigenvalue weighted by molar-refractivity contribution is 6.05. The molecule has 26 heavy (non-hydrogen) atoms. The van der Waals surface area contributed by atoms with Crippen molar-refractivity contribution >= 4 is 23.2 Å². The third-order valence-corrected chi connectivity index (χ3v) is 3.55. The van der Waals surface area contributed by atoms with Gasteiger partial charge in [-0.25, -0.2) is 0 Å². The first-order valence-electron chi connectivity index (χ1n) is 8.41. The van der Waals surface area contributed by atoms with E-state index in [2.05, 4.69) is 15.6 Å². The molecule has 0 saturated heterocycles. The van der Waals surface area contributed by atoms with Gasteiger partial charge in [-0.2, -0.15) is 0 Å². The Balaban J connectivity index is 1.98.